The van der Waals surface area contributed by atoms with E-state index < -0.39 is 42.3 Å². The molecule has 1 aromatic heterocycles. The monoisotopic (exact) mass is 558 g/mol. The lowest BCUT2D eigenvalue weighted by Gasteiger charge is -2.22. The first kappa shape index (κ1) is 25.1. The van der Waals surface area contributed by atoms with Gasteiger partial charge in [-0.2, -0.15) is 5.10 Å². The van der Waals surface area contributed by atoms with Crippen LogP contribution in [0.25, 0.3) is 11.3 Å². The number of benzodiazepines with no additional fused rings is 1. The van der Waals surface area contributed by atoms with Gasteiger partial charge in [-0.05, 0) is 30.7 Å². The number of anilines is 1. The van der Waals surface area contributed by atoms with E-state index in [4.69, 9.17) is 6.11 Å². The van der Waals surface area contributed by atoms with Crippen LogP contribution in [0.4, 0.5) is 14.5 Å². The minimum atomic E-state index is -1.50. The number of hydrogen-bond acceptors (Lipinski definition) is 6. The average Bonchev–Trinajstić information content (AvgIpc) is 3.29. The number of hydrogen-bond donors (Lipinski definition) is 3. The highest BCUT2D eigenvalue weighted by atomic mass is 19.1. The van der Waals surface area contributed by atoms with Crippen molar-refractivity contribution < 1.29 is 29.6 Å². The molecule has 41 heavy (non-hydrogen) atoms. The number of carbonyl (C=O) groups excluding carboxylic acids is 2. The number of aliphatic hydroxyl groups is 1. The van der Waals surface area contributed by atoms with Gasteiger partial charge >= 0.3 is 0 Å². The first-order valence-corrected chi connectivity index (χ1v) is 13.0. The number of para-hydroxylation sites is 1. The van der Waals surface area contributed by atoms with Gasteiger partial charge in [0.25, 0.3) is 11.8 Å². The van der Waals surface area contributed by atoms with Crippen LogP contribution in [-0.4, -0.2) is 44.7 Å². The molecular formula is C30H25F2N5O4. The molecule has 3 heterocycles. The number of nitrogens with one attached hydrogen (secondary N) is 2. The lowest BCUT2D eigenvalue weighted by atomic mass is 10.0. The minimum Gasteiger partial charge on any atom is -0.474 e. The quantitative estimate of drug-likeness (QED) is 0.342. The Bertz CT molecular complexity index is 1760. The molecule has 0 radical (unpaired) electrons. The number of aromatic nitrogens is 2. The molecule has 0 saturated carbocycles. The number of aliphatic hydroxyl groups excluding tert-OH is 1. The lowest BCUT2D eigenvalue weighted by Crippen LogP contribution is -2.42. The highest BCUT2D eigenvalue weighted by Crippen LogP contribution is 2.36. The van der Waals surface area contributed by atoms with E-state index in [9.17, 15) is 19.1 Å². The predicted molar refractivity (Wildman–Crippen MR) is 147 cm³/mol. The van der Waals surface area contributed by atoms with Crippen molar-refractivity contribution in [2.24, 2.45) is 4.99 Å². The predicted octanol–water partition coefficient (Wildman–Crippen LogP) is 4.04. The molecule has 3 aromatic carbocycles. The summed E-state index contributed by atoms with van der Waals surface area (Å²) in [5.74, 6) is -3.18. The van der Waals surface area contributed by atoms with E-state index in [0.717, 1.165) is 0 Å². The molecule has 0 spiro atoms. The molecule has 2 amide bonds. The maximum atomic E-state index is 15.4. The third-order valence-electron chi connectivity index (χ3n) is 6.92. The molecule has 0 saturated heterocycles. The molecule has 2 aliphatic heterocycles. The Labute approximate surface area is 234 Å². The molecule has 6 rings (SSSR count). The normalized spacial score (nSPS) is 18.2. The fourth-order valence-corrected chi connectivity index (χ4v) is 4.86. The molecule has 11 heteroatoms. The summed E-state index contributed by atoms with van der Waals surface area (Å²) in [7, 11) is 0. The largest absolute Gasteiger partial charge is 0.474 e. The van der Waals surface area contributed by atoms with Crippen molar-refractivity contribution in [1.82, 2.24) is 15.1 Å². The third kappa shape index (κ3) is 4.84. The summed E-state index contributed by atoms with van der Waals surface area (Å²) in [6.07, 6.45) is -1.19. The van der Waals surface area contributed by atoms with Gasteiger partial charge in [0, 0.05) is 29.7 Å². The van der Waals surface area contributed by atoms with Crippen LogP contribution >= 0.6 is 0 Å². The van der Waals surface area contributed by atoms with Crippen molar-refractivity contribution in [3.63, 3.8) is 0 Å². The average molecular weight is 559 g/mol. The Balaban J connectivity index is 1.45. The number of amides is 2. The van der Waals surface area contributed by atoms with Crippen LogP contribution in [0.2, 0.25) is 0 Å². The van der Waals surface area contributed by atoms with Crippen molar-refractivity contribution in [3.8, 4) is 17.1 Å². The van der Waals surface area contributed by atoms with Crippen LogP contribution in [0, 0.1) is 11.6 Å². The molecule has 0 bridgehead atoms. The molecule has 9 nitrogen and oxygen atoms in total. The van der Waals surface area contributed by atoms with Crippen LogP contribution in [0.15, 0.2) is 71.7 Å². The van der Waals surface area contributed by atoms with E-state index in [0.29, 0.717) is 24.1 Å². The number of rotatable bonds is 5. The highest BCUT2D eigenvalue weighted by Gasteiger charge is 2.35. The molecule has 208 valence electrons. The van der Waals surface area contributed by atoms with Gasteiger partial charge in [0.1, 0.15) is 22.9 Å². The van der Waals surface area contributed by atoms with E-state index in [-0.39, 0.29) is 45.8 Å². The number of carbonyl (C=O) groups is 2. The van der Waals surface area contributed by atoms with Crippen molar-refractivity contribution in [2.75, 3.05) is 5.32 Å². The second-order valence-electron chi connectivity index (χ2n) is 9.71. The Morgan fingerprint density at radius 3 is 2.73 bits per heavy atom. The Hall–Kier alpha value is -4.90. The van der Waals surface area contributed by atoms with Crippen molar-refractivity contribution in [2.45, 2.75) is 38.8 Å². The fraction of sp³-hybridized carbons (Fsp3) is 0.200. The van der Waals surface area contributed by atoms with Gasteiger partial charge in [-0.3, -0.25) is 9.59 Å². The molecule has 0 aliphatic carbocycles. The highest BCUT2D eigenvalue weighted by molar-refractivity contribution is 6.20. The summed E-state index contributed by atoms with van der Waals surface area (Å²) >= 11 is 0. The topological polar surface area (TPSA) is 118 Å². The summed E-state index contributed by atoms with van der Waals surface area (Å²) in [5, 5.41) is 19.0. The Morgan fingerprint density at radius 1 is 1.15 bits per heavy atom. The molecule has 3 N–H and O–H groups in total. The Kier molecular flexibility index (Phi) is 6.48. The van der Waals surface area contributed by atoms with Crippen LogP contribution in [0.3, 0.4) is 0 Å². The maximum absolute atomic E-state index is 15.4. The SMILES string of the molecule is [2H]c1c(CO)ccc(-c2nn3c(c2C(=O)N[C@H]2N=C(c4ccccc4)c4cccc(F)c4NC2=O)O[C@H](C)CC3)c1F. The van der Waals surface area contributed by atoms with E-state index in [1.54, 1.807) is 36.4 Å². The van der Waals surface area contributed by atoms with E-state index in [1.807, 2.05) is 6.92 Å². The van der Waals surface area contributed by atoms with Crippen LogP contribution in [-0.2, 0) is 17.9 Å². The van der Waals surface area contributed by atoms with E-state index in [1.165, 1.54) is 28.9 Å². The van der Waals surface area contributed by atoms with Gasteiger partial charge < -0.3 is 20.5 Å². The zero-order chi connectivity index (χ0) is 29.5. The lowest BCUT2D eigenvalue weighted by molar-refractivity contribution is -0.117. The first-order valence-electron chi connectivity index (χ1n) is 13.5. The summed E-state index contributed by atoms with van der Waals surface area (Å²) in [5.41, 5.74) is 0.819. The molecule has 2 atom stereocenters. The van der Waals surface area contributed by atoms with Gasteiger partial charge in [-0.1, -0.05) is 48.5 Å². The van der Waals surface area contributed by atoms with Gasteiger partial charge in [0.2, 0.25) is 12.0 Å². The number of ether oxygens (including phenoxy) is 1. The fourth-order valence-electron chi connectivity index (χ4n) is 4.86. The second-order valence-corrected chi connectivity index (χ2v) is 9.71. The zero-order valence-corrected chi connectivity index (χ0v) is 21.8. The summed E-state index contributed by atoms with van der Waals surface area (Å²) < 4.78 is 45.7. The number of benzene rings is 3. The molecule has 4 aromatic rings. The summed E-state index contributed by atoms with van der Waals surface area (Å²) in [6, 6.07) is 15.4. The Morgan fingerprint density at radius 2 is 1.95 bits per heavy atom. The molecular weight excluding hydrogens is 532 g/mol. The van der Waals surface area contributed by atoms with Crippen molar-refractivity contribution >= 4 is 23.2 Å². The van der Waals surface area contributed by atoms with E-state index in [2.05, 4.69) is 20.7 Å². The summed E-state index contributed by atoms with van der Waals surface area (Å²) in [6.45, 7) is 1.66. The van der Waals surface area contributed by atoms with Gasteiger partial charge in [0.05, 0.1) is 25.5 Å². The first-order chi connectivity index (χ1) is 20.3. The summed E-state index contributed by atoms with van der Waals surface area (Å²) in [4.78, 5) is 31.8. The van der Waals surface area contributed by atoms with Crippen molar-refractivity contribution in [1.29, 1.82) is 0 Å². The second kappa shape index (κ2) is 10.6. The van der Waals surface area contributed by atoms with Crippen molar-refractivity contribution in [3.05, 3.63) is 101 Å². The third-order valence-corrected chi connectivity index (χ3v) is 6.92. The minimum absolute atomic E-state index is 0.0702. The number of fused-ring (bicyclic) bond motifs is 2. The number of nitrogens with zero attached hydrogens (tertiary/aromatic N) is 3. The molecule has 2 aliphatic rings. The number of aryl methyl sites for hydroxylation is 1. The molecule has 0 unspecified atom stereocenters. The number of halogens is 2. The van der Waals surface area contributed by atoms with Gasteiger partial charge in [-0.15, -0.1) is 0 Å². The standard InChI is InChI=1S/C30H25F2N5O4/c1-16-12-13-37-30(41-16)23(26(36-37)19-11-10-17(15-38)14-22(19)32)28(39)35-27-29(40)34-25-20(8-5-9-21(25)31)24(33-27)18-6-3-2-4-7-18/h2-11,14,16,27,38H,12-13,15H2,1H3,(H,34,40)(H,35,39)/t16-,27-/m1/s1/i14D. The smallest absolute Gasteiger partial charge is 0.269 e. The van der Waals surface area contributed by atoms with Gasteiger partial charge in [0.15, 0.2) is 0 Å². The maximum Gasteiger partial charge on any atom is 0.269 e. The molecule has 0 fully saturated rings. The van der Waals surface area contributed by atoms with E-state index >= 15 is 4.39 Å². The van der Waals surface area contributed by atoms with Crippen LogP contribution in [0.5, 0.6) is 5.88 Å². The zero-order valence-electron chi connectivity index (χ0n) is 22.8. The van der Waals surface area contributed by atoms with Crippen LogP contribution in [0.1, 0.15) is 41.8 Å². The van der Waals surface area contributed by atoms with Crippen LogP contribution < -0.4 is 15.4 Å². The van der Waals surface area contributed by atoms with Gasteiger partial charge in [-0.25, -0.2) is 18.5 Å². The number of aliphatic imine (C=N–C) groups is 1.